The van der Waals surface area contributed by atoms with E-state index in [0.717, 1.165) is 28.8 Å². The first-order chi connectivity index (χ1) is 9.24. The predicted molar refractivity (Wildman–Crippen MR) is 73.5 cm³/mol. The molecule has 5 heteroatoms. The van der Waals surface area contributed by atoms with Gasteiger partial charge in [-0.15, -0.1) is 0 Å². The van der Waals surface area contributed by atoms with Crippen molar-refractivity contribution in [3.05, 3.63) is 35.9 Å². The van der Waals surface area contributed by atoms with E-state index in [1.54, 1.807) is 6.26 Å². The number of nitrogens with two attached hydrogens (primary N) is 1. The first-order valence-corrected chi connectivity index (χ1v) is 6.35. The van der Waals surface area contributed by atoms with Gasteiger partial charge >= 0.3 is 0 Å². The van der Waals surface area contributed by atoms with E-state index in [-0.39, 0.29) is 0 Å². The number of nitrogens with zero attached hydrogens (tertiary/aromatic N) is 3. The lowest BCUT2D eigenvalue weighted by atomic mass is 10.2. The zero-order valence-corrected chi connectivity index (χ0v) is 11.1. The van der Waals surface area contributed by atoms with Crippen LogP contribution in [0.15, 0.2) is 29.0 Å². The van der Waals surface area contributed by atoms with Gasteiger partial charge in [0, 0.05) is 24.7 Å². The number of furan rings is 1. The lowest BCUT2D eigenvalue weighted by molar-refractivity contribution is 0.577. The number of aromatic nitrogens is 3. The first-order valence-electron chi connectivity index (χ1n) is 6.35. The number of rotatable bonds is 3. The van der Waals surface area contributed by atoms with Crippen LogP contribution in [0.1, 0.15) is 18.2 Å². The standard InChI is InChI=1S/C14H16N4O/c1-3-18-8-10(7-15)12-9(2)16-13(17-14(12)18)11-5-4-6-19-11/h4-6,8H,3,7,15H2,1-2H3. The fourth-order valence-electron chi connectivity index (χ4n) is 2.37. The van der Waals surface area contributed by atoms with Crippen molar-refractivity contribution < 1.29 is 4.42 Å². The van der Waals surface area contributed by atoms with Crippen LogP contribution in [0.4, 0.5) is 0 Å². The molecule has 0 fully saturated rings. The molecule has 0 spiro atoms. The van der Waals surface area contributed by atoms with Crippen molar-refractivity contribution in [3.8, 4) is 11.6 Å². The van der Waals surface area contributed by atoms with Crippen molar-refractivity contribution in [2.75, 3.05) is 0 Å². The number of fused-ring (bicyclic) bond motifs is 1. The second-order valence-electron chi connectivity index (χ2n) is 4.45. The highest BCUT2D eigenvalue weighted by Crippen LogP contribution is 2.25. The topological polar surface area (TPSA) is 69.9 Å². The lowest BCUT2D eigenvalue weighted by Gasteiger charge is -2.04. The third kappa shape index (κ3) is 1.82. The number of hydrogen-bond acceptors (Lipinski definition) is 4. The highest BCUT2D eigenvalue weighted by atomic mass is 16.3. The van der Waals surface area contributed by atoms with Gasteiger partial charge in [-0.25, -0.2) is 9.97 Å². The summed E-state index contributed by atoms with van der Waals surface area (Å²) in [5.41, 5.74) is 8.73. The smallest absolute Gasteiger partial charge is 0.197 e. The molecule has 0 aliphatic rings. The minimum atomic E-state index is 0.494. The van der Waals surface area contributed by atoms with E-state index in [1.807, 2.05) is 19.1 Å². The Morgan fingerprint density at radius 3 is 2.84 bits per heavy atom. The Morgan fingerprint density at radius 2 is 2.21 bits per heavy atom. The van der Waals surface area contributed by atoms with Gasteiger partial charge in [-0.3, -0.25) is 0 Å². The van der Waals surface area contributed by atoms with Gasteiger partial charge in [-0.05, 0) is 31.5 Å². The lowest BCUT2D eigenvalue weighted by Crippen LogP contribution is -1.98. The van der Waals surface area contributed by atoms with Crippen LogP contribution in [-0.2, 0) is 13.1 Å². The molecule has 19 heavy (non-hydrogen) atoms. The molecule has 98 valence electrons. The molecule has 0 bridgehead atoms. The van der Waals surface area contributed by atoms with Crippen LogP contribution in [0.5, 0.6) is 0 Å². The molecule has 0 aromatic carbocycles. The molecule has 2 N–H and O–H groups in total. The summed E-state index contributed by atoms with van der Waals surface area (Å²) in [5, 5.41) is 1.06. The van der Waals surface area contributed by atoms with Gasteiger partial charge < -0.3 is 14.7 Å². The van der Waals surface area contributed by atoms with Gasteiger partial charge in [0.15, 0.2) is 11.6 Å². The summed E-state index contributed by atoms with van der Waals surface area (Å²) in [6, 6.07) is 3.70. The molecule has 5 nitrogen and oxygen atoms in total. The second kappa shape index (κ2) is 4.51. The minimum Gasteiger partial charge on any atom is -0.461 e. The molecule has 0 saturated heterocycles. The summed E-state index contributed by atoms with van der Waals surface area (Å²) in [6.07, 6.45) is 3.68. The quantitative estimate of drug-likeness (QED) is 0.781. The zero-order chi connectivity index (χ0) is 13.4. The van der Waals surface area contributed by atoms with Crippen LogP contribution in [0.3, 0.4) is 0 Å². The molecule has 0 unspecified atom stereocenters. The number of hydrogen-bond donors (Lipinski definition) is 1. The van der Waals surface area contributed by atoms with Gasteiger partial charge in [-0.1, -0.05) is 0 Å². The van der Waals surface area contributed by atoms with Crippen molar-refractivity contribution >= 4 is 11.0 Å². The maximum atomic E-state index is 5.80. The summed E-state index contributed by atoms with van der Waals surface area (Å²) in [6.45, 7) is 5.41. The maximum Gasteiger partial charge on any atom is 0.197 e. The Bertz CT molecular complexity index is 713. The molecule has 0 amide bonds. The Morgan fingerprint density at radius 1 is 1.37 bits per heavy atom. The molecule has 0 aliphatic carbocycles. The summed E-state index contributed by atoms with van der Waals surface area (Å²) in [7, 11) is 0. The van der Waals surface area contributed by atoms with Crippen molar-refractivity contribution in [2.24, 2.45) is 5.73 Å². The molecule has 0 radical (unpaired) electrons. The Labute approximate surface area is 111 Å². The van der Waals surface area contributed by atoms with Crippen LogP contribution < -0.4 is 5.73 Å². The van der Waals surface area contributed by atoms with E-state index in [1.165, 1.54) is 0 Å². The summed E-state index contributed by atoms with van der Waals surface area (Å²) in [5.74, 6) is 1.30. The predicted octanol–water partition coefficient (Wildman–Crippen LogP) is 2.48. The molecule has 3 aromatic rings. The van der Waals surface area contributed by atoms with E-state index in [0.29, 0.717) is 18.1 Å². The fourth-order valence-corrected chi connectivity index (χ4v) is 2.37. The molecule has 3 rings (SSSR count). The Hall–Kier alpha value is -2.14. The SMILES string of the molecule is CCn1cc(CN)c2c(C)nc(-c3ccco3)nc21. The molecule has 0 atom stereocenters. The normalized spacial score (nSPS) is 11.3. The van der Waals surface area contributed by atoms with Crippen molar-refractivity contribution in [3.63, 3.8) is 0 Å². The highest BCUT2D eigenvalue weighted by molar-refractivity contribution is 5.84. The third-order valence-electron chi connectivity index (χ3n) is 3.28. The second-order valence-corrected chi connectivity index (χ2v) is 4.45. The fraction of sp³-hybridized carbons (Fsp3) is 0.286. The highest BCUT2D eigenvalue weighted by Gasteiger charge is 2.15. The summed E-state index contributed by atoms with van der Waals surface area (Å²) < 4.78 is 7.47. The summed E-state index contributed by atoms with van der Waals surface area (Å²) >= 11 is 0. The van der Waals surface area contributed by atoms with E-state index in [4.69, 9.17) is 10.2 Å². The molecule has 3 aromatic heterocycles. The van der Waals surface area contributed by atoms with Gasteiger partial charge in [0.25, 0.3) is 0 Å². The minimum absolute atomic E-state index is 0.494. The Balaban J connectivity index is 2.30. The molecular formula is C14H16N4O. The Kier molecular flexibility index (Phi) is 2.83. The van der Waals surface area contributed by atoms with Crippen LogP contribution in [0.2, 0.25) is 0 Å². The molecule has 3 heterocycles. The van der Waals surface area contributed by atoms with Gasteiger partial charge in [-0.2, -0.15) is 0 Å². The zero-order valence-electron chi connectivity index (χ0n) is 11.1. The van der Waals surface area contributed by atoms with E-state index in [9.17, 15) is 0 Å². The van der Waals surface area contributed by atoms with Crippen LogP contribution in [-0.4, -0.2) is 14.5 Å². The van der Waals surface area contributed by atoms with Gasteiger partial charge in [0.1, 0.15) is 5.65 Å². The average Bonchev–Trinajstić information content (AvgIpc) is 3.05. The van der Waals surface area contributed by atoms with Crippen molar-refractivity contribution in [1.82, 2.24) is 14.5 Å². The molecular weight excluding hydrogens is 240 g/mol. The van der Waals surface area contributed by atoms with Gasteiger partial charge in [0.05, 0.1) is 12.0 Å². The van der Waals surface area contributed by atoms with Crippen LogP contribution in [0.25, 0.3) is 22.6 Å². The van der Waals surface area contributed by atoms with Crippen molar-refractivity contribution in [1.29, 1.82) is 0 Å². The molecule has 0 aliphatic heterocycles. The van der Waals surface area contributed by atoms with Gasteiger partial charge in [0.2, 0.25) is 0 Å². The van der Waals surface area contributed by atoms with E-state index >= 15 is 0 Å². The number of aryl methyl sites for hydroxylation is 2. The third-order valence-corrected chi connectivity index (χ3v) is 3.28. The monoisotopic (exact) mass is 256 g/mol. The average molecular weight is 256 g/mol. The van der Waals surface area contributed by atoms with E-state index < -0.39 is 0 Å². The van der Waals surface area contributed by atoms with Crippen molar-refractivity contribution in [2.45, 2.75) is 26.9 Å². The molecule has 0 saturated carbocycles. The van der Waals surface area contributed by atoms with E-state index in [2.05, 4.69) is 27.7 Å². The first kappa shape index (κ1) is 11.9. The van der Waals surface area contributed by atoms with Crippen LogP contribution >= 0.6 is 0 Å². The maximum absolute atomic E-state index is 5.80. The largest absolute Gasteiger partial charge is 0.461 e. The summed E-state index contributed by atoms with van der Waals surface area (Å²) in [4.78, 5) is 9.15. The van der Waals surface area contributed by atoms with Crippen LogP contribution in [0, 0.1) is 6.92 Å².